The molecule has 0 fully saturated rings. The maximum absolute atomic E-state index is 11.8. The zero-order chi connectivity index (χ0) is 28.5. The van der Waals surface area contributed by atoms with Crippen LogP contribution < -0.4 is 9.47 Å². The number of halogens is 2. The molecule has 0 radical (unpaired) electrons. The summed E-state index contributed by atoms with van der Waals surface area (Å²) < 4.78 is 20.1. The Kier molecular flexibility index (Phi) is 7.98. The van der Waals surface area contributed by atoms with Crippen LogP contribution in [0.3, 0.4) is 0 Å². The second kappa shape index (κ2) is 10.8. The van der Waals surface area contributed by atoms with Crippen molar-refractivity contribution in [3.63, 3.8) is 0 Å². The van der Waals surface area contributed by atoms with Gasteiger partial charge in [0.1, 0.15) is 21.2 Å². The van der Waals surface area contributed by atoms with Gasteiger partial charge in [-0.3, -0.25) is 25.0 Å². The number of carbonyl (C=O) groups excluding carboxylic acids is 1. The van der Waals surface area contributed by atoms with Gasteiger partial charge >= 0.3 is 17.3 Å². The molecule has 4 rings (SSSR count). The number of hydrogen-bond donors (Lipinski definition) is 1. The molecule has 0 saturated carbocycles. The standard InChI is InChI=1S/C12H11ClN2O5.C10H6ClNO6/c1-14(2)12(16)9-4-6-8(20-9)5-7(15(17)18)11(19-3)10(6)13;1-17-9-5(12(15)16)3-6-4(8(9)11)2-7(18-6)10(13)14/h4-5H,1-3H3;2-3H,1H3,(H,13,14). The van der Waals surface area contributed by atoms with Crippen LogP contribution in [-0.4, -0.2) is 60.0 Å². The summed E-state index contributed by atoms with van der Waals surface area (Å²) in [6, 6.07) is 4.89. The normalized spacial score (nSPS) is 10.6. The van der Waals surface area contributed by atoms with Crippen molar-refractivity contribution in [2.75, 3.05) is 28.3 Å². The zero-order valence-corrected chi connectivity index (χ0v) is 21.4. The lowest BCUT2D eigenvalue weighted by molar-refractivity contribution is -0.385. The molecule has 0 atom stereocenters. The molecule has 0 spiro atoms. The van der Waals surface area contributed by atoms with Gasteiger partial charge in [-0.2, -0.15) is 0 Å². The van der Waals surface area contributed by atoms with Crippen molar-refractivity contribution in [3.8, 4) is 11.5 Å². The zero-order valence-electron chi connectivity index (χ0n) is 19.9. The number of furan rings is 2. The topological polar surface area (TPSA) is 189 Å². The fourth-order valence-corrected chi connectivity index (χ4v) is 3.95. The number of aromatic carboxylic acids is 1. The highest BCUT2D eigenvalue weighted by Gasteiger charge is 2.26. The number of rotatable bonds is 6. The maximum Gasteiger partial charge on any atom is 0.371 e. The van der Waals surface area contributed by atoms with E-state index in [0.29, 0.717) is 5.39 Å². The van der Waals surface area contributed by atoms with Crippen molar-refractivity contribution in [2.24, 2.45) is 0 Å². The molecule has 0 bridgehead atoms. The van der Waals surface area contributed by atoms with Crippen molar-refractivity contribution in [2.45, 2.75) is 0 Å². The summed E-state index contributed by atoms with van der Waals surface area (Å²) in [6.07, 6.45) is 0. The molecule has 0 aliphatic rings. The Hall–Kier alpha value is -4.56. The average Bonchev–Trinajstić information content (AvgIpc) is 3.48. The molecule has 200 valence electrons. The van der Waals surface area contributed by atoms with Crippen LogP contribution in [0.15, 0.2) is 33.1 Å². The van der Waals surface area contributed by atoms with E-state index in [1.54, 1.807) is 14.1 Å². The van der Waals surface area contributed by atoms with E-state index in [2.05, 4.69) is 0 Å². The number of carboxylic acid groups (broad SMARTS) is 1. The minimum absolute atomic E-state index is 0.0184. The summed E-state index contributed by atoms with van der Waals surface area (Å²) in [5.41, 5.74) is -0.526. The fourth-order valence-electron chi connectivity index (χ4n) is 3.31. The van der Waals surface area contributed by atoms with Crippen LogP contribution in [0.1, 0.15) is 21.1 Å². The minimum Gasteiger partial charge on any atom is -0.489 e. The summed E-state index contributed by atoms with van der Waals surface area (Å²) in [7, 11) is 5.66. The molecule has 0 aliphatic heterocycles. The van der Waals surface area contributed by atoms with Crippen LogP contribution >= 0.6 is 23.2 Å². The third kappa shape index (κ3) is 5.12. The van der Waals surface area contributed by atoms with E-state index < -0.39 is 15.8 Å². The van der Waals surface area contributed by atoms with Crippen LogP contribution in [0, 0.1) is 20.2 Å². The van der Waals surface area contributed by atoms with Gasteiger partial charge in [-0.1, -0.05) is 23.2 Å². The number of ether oxygens (including phenoxy) is 2. The molecule has 1 amide bonds. The van der Waals surface area contributed by atoms with Crippen molar-refractivity contribution in [1.29, 1.82) is 0 Å². The largest absolute Gasteiger partial charge is 0.489 e. The van der Waals surface area contributed by atoms with Crippen molar-refractivity contribution in [3.05, 3.63) is 66.1 Å². The molecule has 38 heavy (non-hydrogen) atoms. The number of fused-ring (bicyclic) bond motifs is 2. The molecule has 2 aromatic carbocycles. The number of carbonyl (C=O) groups is 2. The first-order valence-electron chi connectivity index (χ1n) is 10.2. The molecule has 0 unspecified atom stereocenters. The first-order valence-corrected chi connectivity index (χ1v) is 10.9. The molecule has 16 heteroatoms. The summed E-state index contributed by atoms with van der Waals surface area (Å²) in [5.74, 6) is -2.15. The quantitative estimate of drug-likeness (QED) is 0.231. The molecule has 2 aromatic heterocycles. The molecule has 4 aromatic rings. The number of amides is 1. The summed E-state index contributed by atoms with van der Waals surface area (Å²) in [4.78, 5) is 44.4. The number of benzene rings is 2. The molecule has 0 aliphatic carbocycles. The second-order valence-corrected chi connectivity index (χ2v) is 8.31. The van der Waals surface area contributed by atoms with E-state index in [0.717, 1.165) is 6.07 Å². The number of nitro benzene ring substituents is 2. The van der Waals surface area contributed by atoms with Crippen molar-refractivity contribution < 1.29 is 42.9 Å². The lowest BCUT2D eigenvalue weighted by atomic mass is 10.2. The summed E-state index contributed by atoms with van der Waals surface area (Å²) in [5, 5.41) is 31.2. The number of hydrogen-bond acceptors (Lipinski definition) is 10. The van der Waals surface area contributed by atoms with Crippen LogP contribution in [0.2, 0.25) is 10.0 Å². The van der Waals surface area contributed by atoms with Gasteiger partial charge in [-0.05, 0) is 6.07 Å². The lowest BCUT2D eigenvalue weighted by Crippen LogP contribution is -2.20. The van der Waals surface area contributed by atoms with Crippen molar-refractivity contribution in [1.82, 2.24) is 4.90 Å². The number of nitro groups is 2. The van der Waals surface area contributed by atoms with Crippen LogP contribution in [0.25, 0.3) is 21.9 Å². The predicted octanol–water partition coefficient (Wildman–Crippen LogP) is 5.41. The summed E-state index contributed by atoms with van der Waals surface area (Å²) >= 11 is 12.0. The van der Waals surface area contributed by atoms with E-state index in [1.165, 1.54) is 37.3 Å². The molecule has 14 nitrogen and oxygen atoms in total. The first kappa shape index (κ1) is 28.0. The van der Waals surface area contributed by atoms with Gasteiger partial charge in [0.25, 0.3) is 5.91 Å². The van der Waals surface area contributed by atoms with E-state index in [4.69, 9.17) is 46.6 Å². The minimum atomic E-state index is -1.29. The molecule has 0 saturated heterocycles. The Bertz CT molecular complexity index is 1610. The van der Waals surface area contributed by atoms with Crippen LogP contribution in [0.4, 0.5) is 11.4 Å². The van der Waals surface area contributed by atoms with Gasteiger partial charge in [0.05, 0.1) is 36.2 Å². The van der Waals surface area contributed by atoms with Crippen LogP contribution in [0.5, 0.6) is 11.5 Å². The summed E-state index contributed by atoms with van der Waals surface area (Å²) in [6.45, 7) is 0. The maximum atomic E-state index is 11.8. The lowest BCUT2D eigenvalue weighted by Gasteiger charge is -2.06. The van der Waals surface area contributed by atoms with E-state index >= 15 is 0 Å². The fraction of sp³-hybridized carbons (Fsp3) is 0.182. The van der Waals surface area contributed by atoms with Gasteiger partial charge in [-0.15, -0.1) is 0 Å². The number of methoxy groups -OCH3 is 2. The highest BCUT2D eigenvalue weighted by Crippen LogP contribution is 2.43. The highest BCUT2D eigenvalue weighted by molar-refractivity contribution is 6.38. The Morgan fingerprint density at radius 3 is 1.58 bits per heavy atom. The van der Waals surface area contributed by atoms with E-state index in [9.17, 15) is 29.8 Å². The van der Waals surface area contributed by atoms with Gasteiger partial charge in [-0.25, -0.2) is 4.79 Å². The molecule has 2 heterocycles. The molecule has 1 N–H and O–H groups in total. The third-order valence-corrected chi connectivity index (χ3v) is 5.77. The Labute approximate surface area is 222 Å². The van der Waals surface area contributed by atoms with E-state index in [-0.39, 0.29) is 66.9 Å². The van der Waals surface area contributed by atoms with Gasteiger partial charge < -0.3 is 28.3 Å². The Morgan fingerprint density at radius 2 is 1.24 bits per heavy atom. The smallest absolute Gasteiger partial charge is 0.371 e. The van der Waals surface area contributed by atoms with Crippen LogP contribution in [-0.2, 0) is 0 Å². The monoisotopic (exact) mass is 569 g/mol. The SMILES string of the molecule is COc1c([N+](=O)[O-])cc2oc(C(=O)N(C)C)cc2c1Cl.COc1c([N+](=O)[O-])cc2oc(C(=O)O)cc2c1Cl. The highest BCUT2D eigenvalue weighted by atomic mass is 35.5. The molecular weight excluding hydrogens is 553 g/mol. The number of nitrogens with zero attached hydrogens (tertiary/aromatic N) is 3. The molecular formula is C22H17Cl2N3O11. The Balaban J connectivity index is 0.000000212. The van der Waals surface area contributed by atoms with Crippen molar-refractivity contribution >= 4 is 68.4 Å². The number of carboxylic acids is 1. The first-order chi connectivity index (χ1) is 17.8. The van der Waals surface area contributed by atoms with Gasteiger partial charge in [0.15, 0.2) is 5.76 Å². The average molecular weight is 570 g/mol. The predicted molar refractivity (Wildman–Crippen MR) is 134 cm³/mol. The van der Waals surface area contributed by atoms with E-state index in [1.807, 2.05) is 0 Å². The Morgan fingerprint density at radius 1 is 0.842 bits per heavy atom. The van der Waals surface area contributed by atoms with Gasteiger partial charge in [0, 0.05) is 30.9 Å². The second-order valence-electron chi connectivity index (χ2n) is 7.55. The van der Waals surface area contributed by atoms with Gasteiger partial charge in [0.2, 0.25) is 17.3 Å². The third-order valence-electron chi connectivity index (χ3n) is 5.02.